The summed E-state index contributed by atoms with van der Waals surface area (Å²) >= 11 is 8.50. The minimum absolute atomic E-state index is 0.0706. The van der Waals surface area contributed by atoms with Crippen molar-refractivity contribution in [3.05, 3.63) is 0 Å². The number of hydrogen-bond donors (Lipinski definition) is 2. The van der Waals surface area contributed by atoms with Gasteiger partial charge in [-0.15, -0.1) is 12.6 Å². The van der Waals surface area contributed by atoms with Crippen molar-refractivity contribution in [2.45, 2.75) is 6.92 Å². The number of aliphatic carboxylic acids is 1. The number of likely N-dealkylation sites (N-methyl/N-ethyl adjacent to an activating group) is 1. The monoisotopic (exact) mass is 179 g/mol. The summed E-state index contributed by atoms with van der Waals surface area (Å²) in [5.41, 5.74) is 0. The van der Waals surface area contributed by atoms with Crippen LogP contribution in [0.4, 0.5) is 0 Å². The summed E-state index contributed by atoms with van der Waals surface area (Å²) in [7, 11) is 0. The van der Waals surface area contributed by atoms with Crippen LogP contribution in [0.25, 0.3) is 0 Å². The Labute approximate surface area is 70.4 Å². The Morgan fingerprint density at radius 1 is 1.80 bits per heavy atom. The van der Waals surface area contributed by atoms with E-state index in [-0.39, 0.29) is 6.54 Å². The van der Waals surface area contributed by atoms with Gasteiger partial charge in [-0.3, -0.25) is 4.79 Å². The van der Waals surface area contributed by atoms with E-state index >= 15 is 0 Å². The van der Waals surface area contributed by atoms with Crippen molar-refractivity contribution in [2.24, 2.45) is 0 Å². The summed E-state index contributed by atoms with van der Waals surface area (Å²) in [5.74, 6) is -0.891. The van der Waals surface area contributed by atoms with Gasteiger partial charge in [0.1, 0.15) is 10.9 Å². The molecule has 0 rings (SSSR count). The molecular formula is C5H9NO2S2. The van der Waals surface area contributed by atoms with Gasteiger partial charge in [-0.2, -0.15) is 0 Å². The van der Waals surface area contributed by atoms with E-state index in [1.54, 1.807) is 0 Å². The molecule has 3 nitrogen and oxygen atoms in total. The zero-order valence-electron chi connectivity index (χ0n) is 5.57. The van der Waals surface area contributed by atoms with Crippen molar-refractivity contribution in [1.29, 1.82) is 0 Å². The molecule has 1 N–H and O–H groups in total. The van der Waals surface area contributed by atoms with E-state index in [4.69, 9.17) is 5.11 Å². The number of rotatable bonds is 3. The molecule has 0 saturated heterocycles. The molecule has 0 fully saturated rings. The van der Waals surface area contributed by atoms with Crippen molar-refractivity contribution < 1.29 is 9.90 Å². The van der Waals surface area contributed by atoms with Crippen molar-refractivity contribution in [3.8, 4) is 0 Å². The van der Waals surface area contributed by atoms with E-state index in [2.05, 4.69) is 24.8 Å². The quantitative estimate of drug-likeness (QED) is 0.492. The summed E-state index contributed by atoms with van der Waals surface area (Å²) in [6.07, 6.45) is 0. The van der Waals surface area contributed by atoms with Gasteiger partial charge in [-0.25, -0.2) is 0 Å². The number of carbonyl (C=O) groups is 1. The van der Waals surface area contributed by atoms with Crippen molar-refractivity contribution in [1.82, 2.24) is 4.90 Å². The van der Waals surface area contributed by atoms with Gasteiger partial charge >= 0.3 is 5.97 Å². The third-order valence-electron chi connectivity index (χ3n) is 0.978. The first-order valence-electron chi connectivity index (χ1n) is 2.77. The maximum Gasteiger partial charge on any atom is 0.323 e. The SMILES string of the molecule is CCN(CC(=O)O)C(=S)S. The van der Waals surface area contributed by atoms with E-state index < -0.39 is 5.97 Å². The molecule has 0 unspecified atom stereocenters. The minimum atomic E-state index is -0.891. The Bertz CT molecular complexity index is 149. The fourth-order valence-electron chi connectivity index (χ4n) is 0.478. The molecule has 0 atom stereocenters. The third kappa shape index (κ3) is 3.68. The number of carboxylic acids is 1. The predicted octanol–water partition coefficient (Wildman–Crippen LogP) is 0.608. The van der Waals surface area contributed by atoms with Crippen LogP contribution in [-0.2, 0) is 4.79 Å². The summed E-state index contributed by atoms with van der Waals surface area (Å²) in [6.45, 7) is 2.33. The van der Waals surface area contributed by atoms with E-state index in [0.29, 0.717) is 10.9 Å². The van der Waals surface area contributed by atoms with Crippen LogP contribution in [0.5, 0.6) is 0 Å². The molecule has 0 aliphatic heterocycles. The molecule has 0 radical (unpaired) electrons. The summed E-state index contributed by atoms with van der Waals surface area (Å²) in [5, 5.41) is 8.33. The Morgan fingerprint density at radius 2 is 2.30 bits per heavy atom. The normalized spacial score (nSPS) is 9.00. The zero-order valence-corrected chi connectivity index (χ0v) is 7.28. The maximum atomic E-state index is 10.1. The zero-order chi connectivity index (χ0) is 8.15. The number of hydrogen-bond acceptors (Lipinski definition) is 2. The largest absolute Gasteiger partial charge is 0.480 e. The number of thiocarbonyl (C=S) groups is 1. The molecule has 0 aliphatic rings. The average Bonchev–Trinajstić information content (AvgIpc) is 1.81. The van der Waals surface area contributed by atoms with Gasteiger partial charge in [-0.05, 0) is 6.92 Å². The highest BCUT2D eigenvalue weighted by Crippen LogP contribution is 1.94. The molecule has 10 heavy (non-hydrogen) atoms. The van der Waals surface area contributed by atoms with Crippen LogP contribution in [0.1, 0.15) is 6.92 Å². The molecule has 0 bridgehead atoms. The fourth-order valence-corrected chi connectivity index (χ4v) is 0.884. The smallest absolute Gasteiger partial charge is 0.323 e. The highest BCUT2D eigenvalue weighted by atomic mass is 32.1. The van der Waals surface area contributed by atoms with Crippen LogP contribution < -0.4 is 0 Å². The molecule has 0 aromatic rings. The Morgan fingerprint density at radius 3 is 2.40 bits per heavy atom. The fraction of sp³-hybridized carbons (Fsp3) is 0.600. The minimum Gasteiger partial charge on any atom is -0.480 e. The lowest BCUT2D eigenvalue weighted by Gasteiger charge is -2.16. The molecular weight excluding hydrogens is 170 g/mol. The summed E-state index contributed by atoms with van der Waals surface area (Å²) in [6, 6.07) is 0. The summed E-state index contributed by atoms with van der Waals surface area (Å²) in [4.78, 5) is 11.6. The van der Waals surface area contributed by atoms with E-state index in [1.165, 1.54) is 4.90 Å². The standard InChI is InChI=1S/C5H9NO2S2/c1-2-6(5(9)10)3-4(7)8/h2-3H2,1H3,(H,7,8)(H,9,10). The van der Waals surface area contributed by atoms with Crippen LogP contribution in [-0.4, -0.2) is 33.4 Å². The van der Waals surface area contributed by atoms with E-state index in [0.717, 1.165) is 0 Å². The first-order chi connectivity index (χ1) is 4.57. The second-order valence-electron chi connectivity index (χ2n) is 1.69. The van der Waals surface area contributed by atoms with Gasteiger partial charge in [0.05, 0.1) is 0 Å². The third-order valence-corrected chi connectivity index (χ3v) is 1.52. The van der Waals surface area contributed by atoms with Crippen molar-refractivity contribution in [2.75, 3.05) is 13.1 Å². The lowest BCUT2D eigenvalue weighted by atomic mass is 10.5. The van der Waals surface area contributed by atoms with Crippen LogP contribution in [0.15, 0.2) is 0 Å². The van der Waals surface area contributed by atoms with Crippen LogP contribution in [0, 0.1) is 0 Å². The molecule has 0 spiro atoms. The van der Waals surface area contributed by atoms with Gasteiger partial charge in [-0.1, -0.05) is 12.2 Å². The van der Waals surface area contributed by atoms with Crippen molar-refractivity contribution >= 4 is 35.1 Å². The van der Waals surface area contributed by atoms with Crippen LogP contribution in [0.3, 0.4) is 0 Å². The van der Waals surface area contributed by atoms with E-state index in [1.807, 2.05) is 6.92 Å². The Balaban J connectivity index is 3.83. The van der Waals surface area contributed by atoms with Crippen LogP contribution >= 0.6 is 24.8 Å². The number of carboxylic acid groups (broad SMARTS) is 1. The van der Waals surface area contributed by atoms with Crippen LogP contribution in [0.2, 0.25) is 0 Å². The maximum absolute atomic E-state index is 10.1. The second kappa shape index (κ2) is 4.51. The van der Waals surface area contributed by atoms with Gasteiger partial charge in [0.2, 0.25) is 0 Å². The lowest BCUT2D eigenvalue weighted by molar-refractivity contribution is -0.137. The molecule has 0 aromatic heterocycles. The van der Waals surface area contributed by atoms with Gasteiger partial charge in [0.15, 0.2) is 0 Å². The molecule has 0 aromatic carbocycles. The second-order valence-corrected chi connectivity index (χ2v) is 2.80. The molecule has 0 saturated carbocycles. The van der Waals surface area contributed by atoms with Gasteiger partial charge < -0.3 is 10.0 Å². The topological polar surface area (TPSA) is 40.5 Å². The highest BCUT2D eigenvalue weighted by Gasteiger charge is 2.06. The molecule has 5 heteroatoms. The molecule has 0 amide bonds. The Kier molecular flexibility index (Phi) is 4.38. The predicted molar refractivity (Wildman–Crippen MR) is 46.5 cm³/mol. The molecule has 0 aliphatic carbocycles. The number of nitrogens with zero attached hydrogens (tertiary/aromatic N) is 1. The average molecular weight is 179 g/mol. The lowest BCUT2D eigenvalue weighted by Crippen LogP contribution is -2.31. The molecule has 58 valence electrons. The number of thiol groups is 1. The molecule has 0 heterocycles. The highest BCUT2D eigenvalue weighted by molar-refractivity contribution is 8.10. The van der Waals surface area contributed by atoms with Crippen molar-refractivity contribution in [3.63, 3.8) is 0 Å². The Hall–Kier alpha value is -0.290. The van der Waals surface area contributed by atoms with Gasteiger partial charge in [0.25, 0.3) is 0 Å². The van der Waals surface area contributed by atoms with Gasteiger partial charge in [0, 0.05) is 6.54 Å². The first-order valence-corrected chi connectivity index (χ1v) is 3.63. The first kappa shape index (κ1) is 9.71. The van der Waals surface area contributed by atoms with E-state index in [9.17, 15) is 4.79 Å². The summed E-state index contributed by atoms with van der Waals surface area (Å²) < 4.78 is 0.324.